The highest BCUT2D eigenvalue weighted by molar-refractivity contribution is 6.04. The second-order valence-electron chi connectivity index (χ2n) is 6.15. The van der Waals surface area contributed by atoms with Gasteiger partial charge in [0, 0.05) is 18.2 Å². The molecule has 0 aliphatic rings. The summed E-state index contributed by atoms with van der Waals surface area (Å²) in [5, 5.41) is 6.11. The van der Waals surface area contributed by atoms with Crippen LogP contribution >= 0.6 is 0 Å². The highest BCUT2D eigenvalue weighted by Gasteiger charge is 2.10. The summed E-state index contributed by atoms with van der Waals surface area (Å²) in [5.41, 5.74) is 2.33. The Morgan fingerprint density at radius 1 is 0.964 bits per heavy atom. The Kier molecular flexibility index (Phi) is 6.46. The summed E-state index contributed by atoms with van der Waals surface area (Å²) in [6.07, 6.45) is 2.54. The van der Waals surface area contributed by atoms with Gasteiger partial charge in [-0.3, -0.25) is 4.79 Å². The van der Waals surface area contributed by atoms with Crippen LogP contribution in [-0.4, -0.2) is 31.7 Å². The van der Waals surface area contributed by atoms with Crippen LogP contribution in [0.4, 0.5) is 11.5 Å². The number of hydrogen-bond acceptors (Lipinski definition) is 5. The van der Waals surface area contributed by atoms with E-state index in [-0.39, 0.29) is 5.91 Å². The molecule has 28 heavy (non-hydrogen) atoms. The predicted molar refractivity (Wildman–Crippen MR) is 110 cm³/mol. The summed E-state index contributed by atoms with van der Waals surface area (Å²) in [5.74, 6) is 1.61. The van der Waals surface area contributed by atoms with Crippen LogP contribution in [0.5, 0.6) is 11.5 Å². The lowest BCUT2D eigenvalue weighted by atomic mass is 10.1. The maximum atomic E-state index is 12.5. The van der Waals surface area contributed by atoms with Crippen molar-refractivity contribution >= 4 is 17.4 Å². The van der Waals surface area contributed by atoms with E-state index >= 15 is 0 Å². The second kappa shape index (κ2) is 9.41. The fourth-order valence-electron chi connectivity index (χ4n) is 2.69. The Balaban J connectivity index is 1.57. The summed E-state index contributed by atoms with van der Waals surface area (Å²) < 4.78 is 10.4. The van der Waals surface area contributed by atoms with Gasteiger partial charge in [0.1, 0.15) is 17.3 Å². The number of benzene rings is 2. The third-order valence-electron chi connectivity index (χ3n) is 4.20. The maximum Gasteiger partial charge on any atom is 0.255 e. The first-order chi connectivity index (χ1) is 13.7. The van der Waals surface area contributed by atoms with Gasteiger partial charge >= 0.3 is 0 Å². The van der Waals surface area contributed by atoms with Crippen LogP contribution in [0.1, 0.15) is 15.9 Å². The number of ether oxygens (including phenoxy) is 2. The molecular weight excluding hydrogens is 354 g/mol. The zero-order valence-electron chi connectivity index (χ0n) is 15.9. The number of methoxy groups -OCH3 is 2. The maximum absolute atomic E-state index is 12.5. The van der Waals surface area contributed by atoms with E-state index in [2.05, 4.69) is 27.8 Å². The molecule has 1 heterocycles. The van der Waals surface area contributed by atoms with Crippen LogP contribution in [0.15, 0.2) is 66.9 Å². The highest BCUT2D eigenvalue weighted by Crippen LogP contribution is 2.23. The number of amides is 1. The van der Waals surface area contributed by atoms with Crippen molar-refractivity contribution in [3.63, 3.8) is 0 Å². The Morgan fingerprint density at radius 2 is 1.68 bits per heavy atom. The molecule has 0 saturated heterocycles. The molecule has 1 amide bonds. The number of rotatable bonds is 8. The molecule has 1 aromatic heterocycles. The number of nitrogens with zero attached hydrogens (tertiary/aromatic N) is 1. The van der Waals surface area contributed by atoms with Gasteiger partial charge in [-0.2, -0.15) is 0 Å². The Morgan fingerprint density at radius 3 is 2.29 bits per heavy atom. The highest BCUT2D eigenvalue weighted by atomic mass is 16.5. The van der Waals surface area contributed by atoms with Crippen LogP contribution in [0.25, 0.3) is 0 Å². The molecule has 0 aliphatic heterocycles. The van der Waals surface area contributed by atoms with Crippen molar-refractivity contribution in [3.8, 4) is 11.5 Å². The van der Waals surface area contributed by atoms with E-state index in [0.717, 1.165) is 18.8 Å². The van der Waals surface area contributed by atoms with Crippen molar-refractivity contribution in [1.29, 1.82) is 0 Å². The quantitative estimate of drug-likeness (QED) is 0.621. The van der Waals surface area contributed by atoms with Gasteiger partial charge < -0.3 is 20.1 Å². The topological polar surface area (TPSA) is 72.5 Å². The molecule has 0 saturated carbocycles. The van der Waals surface area contributed by atoms with E-state index in [0.29, 0.717) is 22.7 Å². The van der Waals surface area contributed by atoms with Crippen molar-refractivity contribution in [2.24, 2.45) is 0 Å². The first-order valence-electron chi connectivity index (χ1n) is 8.96. The van der Waals surface area contributed by atoms with Crippen molar-refractivity contribution in [2.45, 2.75) is 6.42 Å². The number of anilines is 2. The fraction of sp³-hybridized carbons (Fsp3) is 0.182. The molecule has 6 nitrogen and oxygen atoms in total. The number of carbonyl (C=O) groups is 1. The van der Waals surface area contributed by atoms with Crippen molar-refractivity contribution in [2.75, 3.05) is 31.4 Å². The minimum Gasteiger partial charge on any atom is -0.497 e. The number of pyridine rings is 1. The standard InChI is InChI=1S/C22H23N3O3/c1-27-19-12-17(13-20(14-19)28-2)22(26)25-18-8-9-21(24-15-18)23-11-10-16-6-4-3-5-7-16/h3-9,12-15H,10-11H2,1-2H3,(H,23,24)(H,25,26). The zero-order valence-corrected chi connectivity index (χ0v) is 15.9. The summed E-state index contributed by atoms with van der Waals surface area (Å²) in [7, 11) is 3.09. The van der Waals surface area contributed by atoms with E-state index in [4.69, 9.17) is 9.47 Å². The van der Waals surface area contributed by atoms with E-state index in [1.165, 1.54) is 5.56 Å². The van der Waals surface area contributed by atoms with Gasteiger partial charge in [0.15, 0.2) is 0 Å². The summed E-state index contributed by atoms with van der Waals surface area (Å²) in [4.78, 5) is 16.8. The number of nitrogens with one attached hydrogen (secondary N) is 2. The SMILES string of the molecule is COc1cc(OC)cc(C(=O)Nc2ccc(NCCc3ccccc3)nc2)c1. The van der Waals surface area contributed by atoms with Crippen LogP contribution in [0, 0.1) is 0 Å². The number of aromatic nitrogens is 1. The molecule has 0 fully saturated rings. The summed E-state index contributed by atoms with van der Waals surface area (Å²) in [6, 6.07) is 18.9. The molecule has 0 bridgehead atoms. The second-order valence-corrected chi connectivity index (χ2v) is 6.15. The number of carbonyl (C=O) groups excluding carboxylic acids is 1. The van der Waals surface area contributed by atoms with Gasteiger partial charge in [-0.15, -0.1) is 0 Å². The molecule has 0 radical (unpaired) electrons. The molecule has 0 spiro atoms. The number of hydrogen-bond donors (Lipinski definition) is 2. The Bertz CT molecular complexity index is 890. The molecule has 3 aromatic rings. The van der Waals surface area contributed by atoms with E-state index in [1.54, 1.807) is 38.6 Å². The van der Waals surface area contributed by atoms with Crippen molar-refractivity contribution in [3.05, 3.63) is 78.0 Å². The molecule has 3 rings (SSSR count). The third kappa shape index (κ3) is 5.23. The van der Waals surface area contributed by atoms with E-state index in [9.17, 15) is 4.79 Å². The van der Waals surface area contributed by atoms with Gasteiger partial charge in [0.2, 0.25) is 0 Å². The first-order valence-corrected chi connectivity index (χ1v) is 8.96. The molecule has 0 aliphatic carbocycles. The van der Waals surface area contributed by atoms with Crippen LogP contribution in [0.2, 0.25) is 0 Å². The van der Waals surface area contributed by atoms with E-state index in [1.807, 2.05) is 30.3 Å². The van der Waals surface area contributed by atoms with Gasteiger partial charge in [-0.25, -0.2) is 4.98 Å². The summed E-state index contributed by atoms with van der Waals surface area (Å²) >= 11 is 0. The molecule has 6 heteroatoms. The lowest BCUT2D eigenvalue weighted by Crippen LogP contribution is -2.13. The largest absolute Gasteiger partial charge is 0.497 e. The normalized spacial score (nSPS) is 10.2. The van der Waals surface area contributed by atoms with Gasteiger partial charge in [-0.05, 0) is 36.2 Å². The van der Waals surface area contributed by atoms with Crippen LogP contribution < -0.4 is 20.1 Å². The molecule has 0 atom stereocenters. The fourth-order valence-corrected chi connectivity index (χ4v) is 2.69. The lowest BCUT2D eigenvalue weighted by Gasteiger charge is -2.10. The molecule has 0 unspecified atom stereocenters. The van der Waals surface area contributed by atoms with Gasteiger partial charge in [-0.1, -0.05) is 30.3 Å². The van der Waals surface area contributed by atoms with Crippen molar-refractivity contribution in [1.82, 2.24) is 4.98 Å². The molecular formula is C22H23N3O3. The average Bonchev–Trinajstić information content (AvgIpc) is 2.75. The first kappa shape index (κ1) is 19.2. The van der Waals surface area contributed by atoms with Crippen molar-refractivity contribution < 1.29 is 14.3 Å². The monoisotopic (exact) mass is 377 g/mol. The van der Waals surface area contributed by atoms with Gasteiger partial charge in [0.25, 0.3) is 5.91 Å². The van der Waals surface area contributed by atoms with Crippen LogP contribution in [0.3, 0.4) is 0 Å². The minimum atomic E-state index is -0.260. The molecule has 2 aromatic carbocycles. The van der Waals surface area contributed by atoms with Crippen LogP contribution in [-0.2, 0) is 6.42 Å². The smallest absolute Gasteiger partial charge is 0.255 e. The lowest BCUT2D eigenvalue weighted by molar-refractivity contribution is 0.102. The minimum absolute atomic E-state index is 0.260. The predicted octanol–water partition coefficient (Wildman–Crippen LogP) is 4.01. The average molecular weight is 377 g/mol. The Labute approximate surface area is 164 Å². The van der Waals surface area contributed by atoms with E-state index < -0.39 is 0 Å². The zero-order chi connectivity index (χ0) is 19.8. The third-order valence-corrected chi connectivity index (χ3v) is 4.20. The molecule has 144 valence electrons. The molecule has 2 N–H and O–H groups in total. The van der Waals surface area contributed by atoms with Gasteiger partial charge in [0.05, 0.1) is 26.1 Å². The summed E-state index contributed by atoms with van der Waals surface area (Å²) in [6.45, 7) is 0.784. The Hall–Kier alpha value is -3.54.